The smallest absolute Gasteiger partial charge is 0.0790 e. The molecule has 0 heterocycles. The van der Waals surface area contributed by atoms with Gasteiger partial charge in [0.2, 0.25) is 0 Å². The van der Waals surface area contributed by atoms with Crippen molar-refractivity contribution in [3.8, 4) is 0 Å². The van der Waals surface area contributed by atoms with Crippen LogP contribution in [0.3, 0.4) is 0 Å². The molecule has 0 spiro atoms. The second kappa shape index (κ2) is 5.36. The normalized spacial score (nSPS) is 19.8. The van der Waals surface area contributed by atoms with E-state index in [0.29, 0.717) is 5.92 Å². The molecule has 0 saturated heterocycles. The highest BCUT2D eigenvalue weighted by atomic mass is 32.2. The number of allylic oxidation sites excluding steroid dienone is 3. The molecule has 0 fully saturated rings. The van der Waals surface area contributed by atoms with Crippen molar-refractivity contribution in [3.05, 3.63) is 53.0 Å². The molecule has 0 radical (unpaired) electrons. The molecule has 96 valence electrons. The fourth-order valence-corrected chi connectivity index (χ4v) is 3.18. The maximum atomic E-state index is 2.39. The molecule has 0 N–H and O–H groups in total. The molecule has 0 bridgehead atoms. The average Bonchev–Trinajstić information content (AvgIpc) is 2.28. The van der Waals surface area contributed by atoms with Gasteiger partial charge in [0.15, 0.2) is 9.80 Å². The third-order valence-electron chi connectivity index (χ3n) is 3.24. The number of hydrogen-bond acceptors (Lipinski definition) is 0. The van der Waals surface area contributed by atoms with Crippen molar-refractivity contribution in [2.24, 2.45) is 5.92 Å². The van der Waals surface area contributed by atoms with E-state index in [9.17, 15) is 0 Å². The molecule has 1 unspecified atom stereocenters. The molecule has 18 heavy (non-hydrogen) atoms. The summed E-state index contributed by atoms with van der Waals surface area (Å²) in [5, 5.41) is 0. The summed E-state index contributed by atoms with van der Waals surface area (Å²) < 4.78 is 0. The summed E-state index contributed by atoms with van der Waals surface area (Å²) in [6, 6.07) is 9.05. The van der Waals surface area contributed by atoms with Gasteiger partial charge < -0.3 is 0 Å². The average molecular weight is 259 g/mol. The van der Waals surface area contributed by atoms with Crippen LogP contribution in [0.4, 0.5) is 0 Å². The predicted molar refractivity (Wildman–Crippen MR) is 83.2 cm³/mol. The lowest BCUT2D eigenvalue weighted by molar-refractivity contribution is 0.590. The summed E-state index contributed by atoms with van der Waals surface area (Å²) in [5.74, 6) is 0.686. The van der Waals surface area contributed by atoms with E-state index < -0.39 is 0 Å². The lowest BCUT2D eigenvalue weighted by Gasteiger charge is -2.18. The summed E-state index contributed by atoms with van der Waals surface area (Å²) in [7, 11) is 0. The first-order chi connectivity index (χ1) is 8.45. The molecule has 1 heteroatoms. The van der Waals surface area contributed by atoms with Gasteiger partial charge in [-0.05, 0) is 47.6 Å². The topological polar surface area (TPSA) is 0 Å². The van der Waals surface area contributed by atoms with Crippen LogP contribution in [0, 0.1) is 5.92 Å². The first-order valence-electron chi connectivity index (χ1n) is 6.66. The van der Waals surface area contributed by atoms with E-state index in [2.05, 4.69) is 70.2 Å². The molecule has 1 atom stereocenters. The Balaban J connectivity index is 2.09. The van der Waals surface area contributed by atoms with Gasteiger partial charge in [0, 0.05) is 11.8 Å². The largest absolute Gasteiger partial charge is 0.158 e. The van der Waals surface area contributed by atoms with Crippen molar-refractivity contribution in [1.82, 2.24) is 0 Å². The Labute approximate surface area is 115 Å². The Morgan fingerprint density at radius 1 is 1.11 bits per heavy atom. The molecular weight excluding hydrogens is 236 g/mol. The molecule has 1 aliphatic carbocycles. The van der Waals surface area contributed by atoms with Crippen LogP contribution in [-0.2, 0) is 17.2 Å². The summed E-state index contributed by atoms with van der Waals surface area (Å²) in [5.41, 5.74) is 1.65. The Hall–Kier alpha value is -0.950. The first kappa shape index (κ1) is 13.5. The summed E-state index contributed by atoms with van der Waals surface area (Å²) >= 11 is 1.33. The van der Waals surface area contributed by atoms with Crippen LogP contribution in [0.15, 0.2) is 52.3 Å². The molecule has 1 aromatic rings. The van der Waals surface area contributed by atoms with Crippen LogP contribution in [0.5, 0.6) is 0 Å². The maximum Gasteiger partial charge on any atom is 0.158 e. The van der Waals surface area contributed by atoms with E-state index in [1.807, 2.05) is 0 Å². The van der Waals surface area contributed by atoms with E-state index in [4.69, 9.17) is 0 Å². The molecule has 1 aliphatic rings. The zero-order chi connectivity index (χ0) is 13.2. The summed E-state index contributed by atoms with van der Waals surface area (Å²) in [6.07, 6.45) is 8.12. The van der Waals surface area contributed by atoms with Crippen LogP contribution in [0.2, 0.25) is 0 Å². The highest BCUT2D eigenvalue weighted by molar-refractivity contribution is 7.83. The number of benzene rings is 1. The van der Waals surface area contributed by atoms with Crippen molar-refractivity contribution in [3.63, 3.8) is 0 Å². The number of rotatable bonds is 2. The second-order valence-electron chi connectivity index (χ2n) is 6.12. The second-order valence-corrected chi connectivity index (χ2v) is 7.37. The Bertz CT molecular complexity index is 457. The molecule has 0 amide bonds. The van der Waals surface area contributed by atoms with Gasteiger partial charge >= 0.3 is 0 Å². The lowest BCUT2D eigenvalue weighted by atomic mass is 9.87. The third kappa shape index (κ3) is 3.52. The van der Waals surface area contributed by atoms with Gasteiger partial charge in [-0.2, -0.15) is 0 Å². The van der Waals surface area contributed by atoms with Crippen molar-refractivity contribution < 1.29 is 0 Å². The van der Waals surface area contributed by atoms with Gasteiger partial charge in [0.05, 0.1) is 0 Å². The molecular formula is C17H23S+. The van der Waals surface area contributed by atoms with Gasteiger partial charge in [-0.15, -0.1) is 0 Å². The zero-order valence-corrected chi connectivity index (χ0v) is 12.7. The van der Waals surface area contributed by atoms with Crippen molar-refractivity contribution >= 4 is 11.8 Å². The Morgan fingerprint density at radius 2 is 1.78 bits per heavy atom. The van der Waals surface area contributed by atoms with Gasteiger partial charge in [-0.3, -0.25) is 0 Å². The van der Waals surface area contributed by atoms with E-state index in [0.717, 1.165) is 0 Å². The van der Waals surface area contributed by atoms with Gasteiger partial charge in [-0.25, -0.2) is 0 Å². The SMILES string of the molecule is CC1C=C([SH+]c2ccc(C(C)(C)C)cc2)C=CC1. The van der Waals surface area contributed by atoms with Crippen LogP contribution >= 0.6 is 0 Å². The van der Waals surface area contributed by atoms with Crippen molar-refractivity contribution in [2.45, 2.75) is 44.4 Å². The third-order valence-corrected chi connectivity index (χ3v) is 4.36. The van der Waals surface area contributed by atoms with Crippen molar-refractivity contribution in [1.29, 1.82) is 0 Å². The minimum absolute atomic E-state index is 0.244. The standard InChI is InChI=1S/C17H22S/c1-13-6-5-7-16(12-13)18-15-10-8-14(9-11-15)17(2,3)4/h5,7-13H,6H2,1-4H3/p+1. The van der Waals surface area contributed by atoms with E-state index in [-0.39, 0.29) is 5.41 Å². The summed E-state index contributed by atoms with van der Waals surface area (Å²) in [4.78, 5) is 2.81. The van der Waals surface area contributed by atoms with Crippen LogP contribution in [0.1, 0.15) is 39.7 Å². The zero-order valence-electron chi connectivity index (χ0n) is 11.8. The minimum atomic E-state index is 0.244. The lowest BCUT2D eigenvalue weighted by Crippen LogP contribution is -2.10. The minimum Gasteiger partial charge on any atom is -0.0790 e. The molecule has 2 rings (SSSR count). The highest BCUT2D eigenvalue weighted by Crippen LogP contribution is 2.24. The molecule has 0 saturated carbocycles. The molecule has 0 aliphatic heterocycles. The molecule has 0 aromatic heterocycles. The Morgan fingerprint density at radius 3 is 2.33 bits per heavy atom. The fourth-order valence-electron chi connectivity index (χ4n) is 2.08. The van der Waals surface area contributed by atoms with Gasteiger partial charge in [-0.1, -0.05) is 45.9 Å². The van der Waals surface area contributed by atoms with Gasteiger partial charge in [0.25, 0.3) is 0 Å². The number of hydrogen-bond donors (Lipinski definition) is 0. The highest BCUT2D eigenvalue weighted by Gasteiger charge is 2.16. The quantitative estimate of drug-likeness (QED) is 0.536. The predicted octanol–water partition coefficient (Wildman–Crippen LogP) is 4.64. The summed E-state index contributed by atoms with van der Waals surface area (Å²) in [6.45, 7) is 9.05. The van der Waals surface area contributed by atoms with Crippen LogP contribution < -0.4 is 0 Å². The van der Waals surface area contributed by atoms with E-state index in [1.54, 1.807) is 0 Å². The van der Waals surface area contributed by atoms with Crippen molar-refractivity contribution in [2.75, 3.05) is 0 Å². The fraction of sp³-hybridized carbons (Fsp3) is 0.412. The molecule has 0 nitrogen and oxygen atoms in total. The van der Waals surface area contributed by atoms with E-state index >= 15 is 0 Å². The van der Waals surface area contributed by atoms with Gasteiger partial charge in [0.1, 0.15) is 0 Å². The monoisotopic (exact) mass is 259 g/mol. The Kier molecular flexibility index (Phi) is 4.01. The first-order valence-corrected chi connectivity index (χ1v) is 7.55. The van der Waals surface area contributed by atoms with Crippen LogP contribution in [0.25, 0.3) is 0 Å². The van der Waals surface area contributed by atoms with Crippen LogP contribution in [-0.4, -0.2) is 0 Å². The molecule has 1 aromatic carbocycles. The number of thiol groups is 1. The maximum absolute atomic E-state index is 2.39. The van der Waals surface area contributed by atoms with E-state index in [1.165, 1.54) is 33.5 Å².